The van der Waals surface area contributed by atoms with E-state index in [-0.39, 0.29) is 11.7 Å². The maximum Gasteiger partial charge on any atom is 0.293 e. The summed E-state index contributed by atoms with van der Waals surface area (Å²) in [5.41, 5.74) is 0.164. The second-order valence-corrected chi connectivity index (χ2v) is 4.57. The van der Waals surface area contributed by atoms with Crippen LogP contribution >= 0.6 is 0 Å². The van der Waals surface area contributed by atoms with E-state index in [9.17, 15) is 18.0 Å². The highest BCUT2D eigenvalue weighted by Crippen LogP contribution is 2.22. The number of nitrogens with one attached hydrogen (secondary N) is 1. The average molecular weight is 318 g/mol. The minimum Gasteiger partial charge on any atom is -0.431 e. The van der Waals surface area contributed by atoms with Crippen molar-refractivity contribution in [3.63, 3.8) is 0 Å². The maximum atomic E-state index is 13.5. The molecule has 2 aromatic carbocycles. The van der Waals surface area contributed by atoms with E-state index in [4.69, 9.17) is 4.42 Å². The molecule has 1 N–H and O–H groups in total. The molecule has 1 aromatic heterocycles. The summed E-state index contributed by atoms with van der Waals surface area (Å²) in [5.74, 6) is -5.29. The Morgan fingerprint density at radius 3 is 2.48 bits per heavy atom. The Morgan fingerprint density at radius 1 is 1.00 bits per heavy atom. The Bertz CT molecular complexity index is 863. The maximum absolute atomic E-state index is 13.5. The van der Waals surface area contributed by atoms with E-state index in [1.54, 1.807) is 24.3 Å². The normalized spacial score (nSPS) is 10.6. The number of carbonyl (C=O) groups excluding carboxylic acids is 1. The summed E-state index contributed by atoms with van der Waals surface area (Å²) >= 11 is 0. The number of benzene rings is 2. The third kappa shape index (κ3) is 2.94. The summed E-state index contributed by atoms with van der Waals surface area (Å²) in [6.45, 7) is 0. The molecule has 0 aliphatic rings. The van der Waals surface area contributed by atoms with Crippen LogP contribution in [0.15, 0.2) is 53.1 Å². The summed E-state index contributed by atoms with van der Waals surface area (Å²) in [6.07, 6.45) is 1.16. The summed E-state index contributed by atoms with van der Waals surface area (Å²) in [6, 6.07) is 10.5. The van der Waals surface area contributed by atoms with Gasteiger partial charge in [0.25, 0.3) is 5.91 Å². The van der Waals surface area contributed by atoms with Crippen LogP contribution in [0, 0.1) is 17.5 Å². The molecule has 0 unspecified atom stereocenters. The number of hydrogen-bond acceptors (Lipinski definition) is 3. The van der Waals surface area contributed by atoms with Crippen LogP contribution in [0.2, 0.25) is 0 Å². The van der Waals surface area contributed by atoms with Gasteiger partial charge in [0.1, 0.15) is 0 Å². The molecule has 3 rings (SSSR count). The average Bonchev–Trinajstić information content (AvgIpc) is 3.06. The van der Waals surface area contributed by atoms with Crippen molar-refractivity contribution in [3.8, 4) is 11.5 Å². The van der Waals surface area contributed by atoms with Crippen molar-refractivity contribution in [2.45, 2.75) is 0 Å². The van der Waals surface area contributed by atoms with E-state index in [0.717, 1.165) is 12.3 Å². The van der Waals surface area contributed by atoms with Crippen LogP contribution in [-0.4, -0.2) is 10.9 Å². The SMILES string of the molecule is O=C(Nc1ccc(F)c(F)c1F)c1cnc(-c2ccccc2)o1. The zero-order chi connectivity index (χ0) is 16.4. The fourth-order valence-corrected chi connectivity index (χ4v) is 1.90. The molecule has 0 fully saturated rings. The fourth-order valence-electron chi connectivity index (χ4n) is 1.90. The standard InChI is InChI=1S/C16H9F3N2O2/c17-10-6-7-11(14(19)13(10)18)21-15(22)12-8-20-16(23-12)9-4-2-1-3-5-9/h1-8H,(H,21,22). The van der Waals surface area contributed by atoms with Crippen molar-refractivity contribution in [1.82, 2.24) is 4.98 Å². The van der Waals surface area contributed by atoms with Crippen molar-refractivity contribution in [2.75, 3.05) is 5.32 Å². The first-order valence-corrected chi connectivity index (χ1v) is 6.52. The molecule has 3 aromatic rings. The number of halogens is 3. The molecule has 0 bridgehead atoms. The van der Waals surface area contributed by atoms with Crippen molar-refractivity contribution < 1.29 is 22.4 Å². The number of oxazole rings is 1. The molecule has 0 aliphatic heterocycles. The summed E-state index contributed by atoms with van der Waals surface area (Å²) in [5, 5.41) is 2.10. The van der Waals surface area contributed by atoms with E-state index < -0.39 is 29.0 Å². The molecule has 0 spiro atoms. The highest BCUT2D eigenvalue weighted by atomic mass is 19.2. The van der Waals surface area contributed by atoms with Gasteiger partial charge in [-0.25, -0.2) is 18.2 Å². The number of amides is 1. The Morgan fingerprint density at radius 2 is 1.74 bits per heavy atom. The Hall–Kier alpha value is -3.09. The van der Waals surface area contributed by atoms with E-state index >= 15 is 0 Å². The number of rotatable bonds is 3. The second kappa shape index (κ2) is 5.96. The lowest BCUT2D eigenvalue weighted by molar-refractivity contribution is 0.0997. The van der Waals surface area contributed by atoms with Crippen molar-refractivity contribution in [2.24, 2.45) is 0 Å². The highest BCUT2D eigenvalue weighted by molar-refractivity contribution is 6.02. The molecular weight excluding hydrogens is 309 g/mol. The van der Waals surface area contributed by atoms with Gasteiger partial charge in [0.05, 0.1) is 11.9 Å². The number of hydrogen-bond donors (Lipinski definition) is 1. The van der Waals surface area contributed by atoms with Crippen LogP contribution < -0.4 is 5.32 Å². The smallest absolute Gasteiger partial charge is 0.293 e. The molecule has 4 nitrogen and oxygen atoms in total. The zero-order valence-corrected chi connectivity index (χ0v) is 11.5. The van der Waals surface area contributed by atoms with Crippen LogP contribution in [0.25, 0.3) is 11.5 Å². The topological polar surface area (TPSA) is 55.1 Å². The Balaban J connectivity index is 1.82. The van der Waals surface area contributed by atoms with Crippen molar-refractivity contribution in [3.05, 3.63) is 71.9 Å². The van der Waals surface area contributed by atoms with Crippen LogP contribution in [0.3, 0.4) is 0 Å². The first-order valence-electron chi connectivity index (χ1n) is 6.52. The molecule has 0 saturated carbocycles. The third-order valence-corrected chi connectivity index (χ3v) is 3.03. The molecule has 0 radical (unpaired) electrons. The minimum absolute atomic E-state index is 0.187. The van der Waals surface area contributed by atoms with Crippen LogP contribution in [-0.2, 0) is 0 Å². The van der Waals surface area contributed by atoms with Gasteiger partial charge in [-0.1, -0.05) is 18.2 Å². The van der Waals surface area contributed by atoms with Gasteiger partial charge in [-0.15, -0.1) is 0 Å². The van der Waals surface area contributed by atoms with Gasteiger partial charge in [-0.2, -0.15) is 0 Å². The second-order valence-electron chi connectivity index (χ2n) is 4.57. The molecular formula is C16H9F3N2O2. The van der Waals surface area contributed by atoms with Gasteiger partial charge >= 0.3 is 0 Å². The van der Waals surface area contributed by atoms with E-state index in [0.29, 0.717) is 11.6 Å². The highest BCUT2D eigenvalue weighted by Gasteiger charge is 2.18. The van der Waals surface area contributed by atoms with Crippen LogP contribution in [0.5, 0.6) is 0 Å². The van der Waals surface area contributed by atoms with E-state index in [1.165, 1.54) is 0 Å². The predicted octanol–water partition coefficient (Wildman–Crippen LogP) is 4.01. The minimum atomic E-state index is -1.66. The largest absolute Gasteiger partial charge is 0.431 e. The zero-order valence-electron chi connectivity index (χ0n) is 11.5. The van der Waals surface area contributed by atoms with Crippen molar-refractivity contribution in [1.29, 1.82) is 0 Å². The number of aromatic nitrogens is 1. The van der Waals surface area contributed by atoms with Gasteiger partial charge in [0.15, 0.2) is 17.5 Å². The molecule has 1 amide bonds. The third-order valence-electron chi connectivity index (χ3n) is 3.03. The molecule has 0 saturated heterocycles. The summed E-state index contributed by atoms with van der Waals surface area (Å²) in [7, 11) is 0. The van der Waals surface area contributed by atoms with Gasteiger partial charge in [-0.3, -0.25) is 4.79 Å². The van der Waals surface area contributed by atoms with Gasteiger partial charge in [0.2, 0.25) is 11.7 Å². The first-order chi connectivity index (χ1) is 11.1. The molecule has 116 valence electrons. The van der Waals surface area contributed by atoms with E-state index in [1.807, 2.05) is 6.07 Å². The fraction of sp³-hybridized carbons (Fsp3) is 0. The lowest BCUT2D eigenvalue weighted by Crippen LogP contribution is -2.13. The van der Waals surface area contributed by atoms with Gasteiger partial charge in [0, 0.05) is 5.56 Å². The van der Waals surface area contributed by atoms with E-state index in [2.05, 4.69) is 10.3 Å². The van der Waals surface area contributed by atoms with Crippen molar-refractivity contribution >= 4 is 11.6 Å². The molecule has 7 heteroatoms. The summed E-state index contributed by atoms with van der Waals surface area (Å²) in [4.78, 5) is 15.9. The molecule has 1 heterocycles. The number of carbonyl (C=O) groups is 1. The quantitative estimate of drug-likeness (QED) is 0.742. The first kappa shape index (κ1) is 14.8. The summed E-state index contributed by atoms with van der Waals surface area (Å²) < 4.78 is 44.8. The predicted molar refractivity (Wildman–Crippen MR) is 76.2 cm³/mol. The number of anilines is 1. The lowest BCUT2D eigenvalue weighted by Gasteiger charge is -2.05. The van der Waals surface area contributed by atoms with Crippen LogP contribution in [0.4, 0.5) is 18.9 Å². The molecule has 0 atom stereocenters. The van der Waals surface area contributed by atoms with Gasteiger partial charge < -0.3 is 9.73 Å². The monoisotopic (exact) mass is 318 g/mol. The lowest BCUT2D eigenvalue weighted by atomic mass is 10.2. The Labute approximate surface area is 128 Å². The Kier molecular flexibility index (Phi) is 3.84. The number of nitrogens with zero attached hydrogens (tertiary/aromatic N) is 1. The molecule has 0 aliphatic carbocycles. The van der Waals surface area contributed by atoms with Crippen LogP contribution in [0.1, 0.15) is 10.6 Å². The molecule has 23 heavy (non-hydrogen) atoms. The van der Waals surface area contributed by atoms with Gasteiger partial charge in [-0.05, 0) is 24.3 Å².